The van der Waals surface area contributed by atoms with Gasteiger partial charge < -0.3 is 5.32 Å². The van der Waals surface area contributed by atoms with Gasteiger partial charge in [0.05, 0.1) is 17.7 Å². The van der Waals surface area contributed by atoms with Gasteiger partial charge in [-0.05, 0) is 12.5 Å². The van der Waals surface area contributed by atoms with E-state index in [2.05, 4.69) is 20.4 Å². The largest absolute Gasteiger partial charge is 0.352 e. The minimum Gasteiger partial charge on any atom is -0.352 e. The van der Waals surface area contributed by atoms with Crippen molar-refractivity contribution < 1.29 is 4.92 Å². The number of nitrogens with one attached hydrogen (secondary N) is 1. The van der Waals surface area contributed by atoms with Crippen LogP contribution >= 0.6 is 0 Å². The quantitative estimate of drug-likeness (QED) is 0.626. The third kappa shape index (κ3) is 3.00. The van der Waals surface area contributed by atoms with Crippen molar-refractivity contribution in [3.05, 3.63) is 40.5 Å². The van der Waals surface area contributed by atoms with Crippen LogP contribution in [0.25, 0.3) is 0 Å². The molecule has 2 aromatic heterocycles. The second-order valence-electron chi connectivity index (χ2n) is 3.73. The molecule has 2 aromatic rings. The van der Waals surface area contributed by atoms with Crippen molar-refractivity contribution in [2.75, 3.05) is 11.9 Å². The third-order valence-electron chi connectivity index (χ3n) is 2.24. The average Bonchev–Trinajstić information content (AvgIpc) is 2.76. The van der Waals surface area contributed by atoms with Crippen LogP contribution in [0.3, 0.4) is 0 Å². The zero-order chi connectivity index (χ0) is 13.0. The van der Waals surface area contributed by atoms with Crippen molar-refractivity contribution >= 4 is 11.6 Å². The van der Waals surface area contributed by atoms with E-state index >= 15 is 0 Å². The molecule has 0 radical (unpaired) electrons. The summed E-state index contributed by atoms with van der Waals surface area (Å²) in [5.74, 6) is 0.365. The van der Waals surface area contributed by atoms with E-state index < -0.39 is 4.92 Å². The van der Waals surface area contributed by atoms with Crippen molar-refractivity contribution in [3.8, 4) is 0 Å². The molecule has 2 heterocycles. The lowest BCUT2D eigenvalue weighted by atomic mass is 10.4. The number of hydrogen-bond donors (Lipinski definition) is 1. The molecule has 0 amide bonds. The first-order valence-electron chi connectivity index (χ1n) is 5.34. The highest BCUT2D eigenvalue weighted by Crippen LogP contribution is 2.07. The van der Waals surface area contributed by atoms with E-state index in [1.807, 2.05) is 13.1 Å². The van der Waals surface area contributed by atoms with E-state index in [-0.39, 0.29) is 5.69 Å². The number of aromatic nitrogens is 4. The number of anilines is 1. The summed E-state index contributed by atoms with van der Waals surface area (Å²) in [4.78, 5) is 17.6. The van der Waals surface area contributed by atoms with Crippen molar-refractivity contribution in [1.29, 1.82) is 0 Å². The van der Waals surface area contributed by atoms with Crippen LogP contribution in [0.15, 0.2) is 24.8 Å². The van der Waals surface area contributed by atoms with Crippen molar-refractivity contribution in [3.63, 3.8) is 0 Å². The Labute approximate surface area is 103 Å². The molecule has 0 bridgehead atoms. The zero-order valence-electron chi connectivity index (χ0n) is 9.78. The highest BCUT2D eigenvalue weighted by atomic mass is 16.6. The van der Waals surface area contributed by atoms with Crippen LogP contribution in [0.4, 0.5) is 11.6 Å². The minimum atomic E-state index is -0.531. The number of hydrogen-bond acceptors (Lipinski definition) is 6. The lowest BCUT2D eigenvalue weighted by Gasteiger charge is -2.04. The standard InChI is InChI=1S/C10H12N6O2/c1-8-4-14-15(7-8)3-2-11-10-12-5-9(6-13-10)16(17)18/h4-7H,2-3H2,1H3,(H,11,12,13). The van der Waals surface area contributed by atoms with Crippen LogP contribution in [0.5, 0.6) is 0 Å². The van der Waals surface area contributed by atoms with Gasteiger partial charge in [-0.15, -0.1) is 0 Å². The number of nitrogens with zero attached hydrogens (tertiary/aromatic N) is 5. The van der Waals surface area contributed by atoms with Crippen molar-refractivity contribution in [2.24, 2.45) is 0 Å². The summed E-state index contributed by atoms with van der Waals surface area (Å²) in [5, 5.41) is 17.5. The Balaban J connectivity index is 1.85. The summed E-state index contributed by atoms with van der Waals surface area (Å²) < 4.78 is 1.80. The predicted molar refractivity (Wildman–Crippen MR) is 64.1 cm³/mol. The molecule has 94 valence electrons. The highest BCUT2D eigenvalue weighted by molar-refractivity contribution is 5.30. The van der Waals surface area contributed by atoms with Gasteiger partial charge in [0.1, 0.15) is 12.4 Å². The van der Waals surface area contributed by atoms with E-state index in [4.69, 9.17) is 0 Å². The molecule has 0 aliphatic carbocycles. The van der Waals surface area contributed by atoms with Gasteiger partial charge in [-0.1, -0.05) is 0 Å². The molecular formula is C10H12N6O2. The van der Waals surface area contributed by atoms with E-state index in [1.165, 1.54) is 12.4 Å². The molecule has 0 atom stereocenters. The molecule has 0 unspecified atom stereocenters. The van der Waals surface area contributed by atoms with Gasteiger partial charge in [0, 0.05) is 12.7 Å². The lowest BCUT2D eigenvalue weighted by Crippen LogP contribution is -2.12. The van der Waals surface area contributed by atoms with Crippen LogP contribution in [-0.2, 0) is 6.54 Å². The maximum Gasteiger partial charge on any atom is 0.305 e. The van der Waals surface area contributed by atoms with Gasteiger partial charge in [-0.3, -0.25) is 14.8 Å². The number of aryl methyl sites for hydroxylation is 1. The molecular weight excluding hydrogens is 236 g/mol. The Morgan fingerprint density at radius 3 is 2.67 bits per heavy atom. The molecule has 0 aliphatic heterocycles. The Morgan fingerprint density at radius 2 is 2.11 bits per heavy atom. The van der Waals surface area contributed by atoms with Gasteiger partial charge in [0.2, 0.25) is 5.95 Å². The highest BCUT2D eigenvalue weighted by Gasteiger charge is 2.05. The summed E-state index contributed by atoms with van der Waals surface area (Å²) in [5.41, 5.74) is 0.977. The average molecular weight is 248 g/mol. The fraction of sp³-hybridized carbons (Fsp3) is 0.300. The summed E-state index contributed by atoms with van der Waals surface area (Å²) in [6.45, 7) is 3.24. The molecule has 0 fully saturated rings. The van der Waals surface area contributed by atoms with Crippen LogP contribution in [0.1, 0.15) is 5.56 Å². The van der Waals surface area contributed by atoms with Gasteiger partial charge in [-0.2, -0.15) is 5.10 Å². The van der Waals surface area contributed by atoms with E-state index in [9.17, 15) is 10.1 Å². The second kappa shape index (κ2) is 5.21. The summed E-state index contributed by atoms with van der Waals surface area (Å²) >= 11 is 0. The molecule has 0 aromatic carbocycles. The summed E-state index contributed by atoms with van der Waals surface area (Å²) in [7, 11) is 0. The molecule has 18 heavy (non-hydrogen) atoms. The van der Waals surface area contributed by atoms with Gasteiger partial charge in [-0.25, -0.2) is 9.97 Å². The molecule has 0 saturated heterocycles. The van der Waals surface area contributed by atoms with Crippen molar-refractivity contribution in [1.82, 2.24) is 19.7 Å². The van der Waals surface area contributed by atoms with Gasteiger partial charge >= 0.3 is 5.69 Å². The zero-order valence-corrected chi connectivity index (χ0v) is 9.78. The van der Waals surface area contributed by atoms with Gasteiger partial charge in [0.25, 0.3) is 0 Å². The van der Waals surface area contributed by atoms with E-state index in [1.54, 1.807) is 10.9 Å². The minimum absolute atomic E-state index is 0.122. The van der Waals surface area contributed by atoms with E-state index in [0.717, 1.165) is 5.56 Å². The van der Waals surface area contributed by atoms with Crippen molar-refractivity contribution in [2.45, 2.75) is 13.5 Å². The van der Waals surface area contributed by atoms with E-state index in [0.29, 0.717) is 19.0 Å². The topological polar surface area (TPSA) is 98.8 Å². The Morgan fingerprint density at radius 1 is 1.39 bits per heavy atom. The SMILES string of the molecule is Cc1cnn(CCNc2ncc([N+](=O)[O-])cn2)c1. The van der Waals surface area contributed by atoms with Crippen LogP contribution < -0.4 is 5.32 Å². The molecule has 2 rings (SSSR count). The Kier molecular flexibility index (Phi) is 3.46. The van der Waals surface area contributed by atoms with Gasteiger partial charge in [0.15, 0.2) is 0 Å². The number of nitro groups is 1. The summed E-state index contributed by atoms with van der Waals surface area (Å²) in [6, 6.07) is 0. The summed E-state index contributed by atoms with van der Waals surface area (Å²) in [6.07, 6.45) is 6.06. The normalized spacial score (nSPS) is 10.3. The van der Waals surface area contributed by atoms with Crippen LogP contribution in [0, 0.1) is 17.0 Å². The Hall–Kier alpha value is -2.51. The second-order valence-corrected chi connectivity index (χ2v) is 3.73. The maximum absolute atomic E-state index is 10.4. The maximum atomic E-state index is 10.4. The Bertz CT molecular complexity index is 536. The first kappa shape index (κ1) is 12.0. The molecule has 0 spiro atoms. The third-order valence-corrected chi connectivity index (χ3v) is 2.24. The first-order chi connectivity index (χ1) is 8.65. The smallest absolute Gasteiger partial charge is 0.305 e. The molecule has 8 nitrogen and oxygen atoms in total. The van der Waals surface area contributed by atoms with Crippen LogP contribution in [-0.4, -0.2) is 31.2 Å². The fourth-order valence-electron chi connectivity index (χ4n) is 1.38. The molecule has 8 heteroatoms. The lowest BCUT2D eigenvalue weighted by molar-refractivity contribution is -0.385. The van der Waals surface area contributed by atoms with Crippen LogP contribution in [0.2, 0.25) is 0 Å². The molecule has 0 aliphatic rings. The molecule has 1 N–H and O–H groups in total. The number of rotatable bonds is 5. The predicted octanol–water partition coefficient (Wildman–Crippen LogP) is 1.00. The fourth-order valence-corrected chi connectivity index (χ4v) is 1.38. The monoisotopic (exact) mass is 248 g/mol. The molecule has 0 saturated carbocycles. The first-order valence-corrected chi connectivity index (χ1v) is 5.34.